The molecular weight excluding hydrogens is 400 g/mol. The van der Waals surface area contributed by atoms with Gasteiger partial charge in [0.15, 0.2) is 5.11 Å². The number of nitrogens with one attached hydrogen (secondary N) is 3. The Balaban J connectivity index is 1.74. The van der Waals surface area contributed by atoms with Gasteiger partial charge in [-0.1, -0.05) is 35.9 Å². The van der Waals surface area contributed by atoms with Crippen LogP contribution in [0.3, 0.4) is 0 Å². The first-order valence-electron chi connectivity index (χ1n) is 10.3. The minimum atomic E-state index is 0.700. The van der Waals surface area contributed by atoms with E-state index in [9.17, 15) is 0 Å². The molecule has 0 unspecified atom stereocenters. The molecular formula is C23H30ClN4S+. The molecule has 3 aromatic rings. The van der Waals surface area contributed by atoms with Crippen molar-refractivity contribution in [3.63, 3.8) is 0 Å². The lowest BCUT2D eigenvalue weighted by Gasteiger charge is -2.26. The third kappa shape index (κ3) is 5.95. The lowest BCUT2D eigenvalue weighted by atomic mass is 10.1. The average Bonchev–Trinajstić information content (AvgIpc) is 3.13. The van der Waals surface area contributed by atoms with Gasteiger partial charge in [-0.25, -0.2) is 0 Å². The molecule has 2 aromatic carbocycles. The predicted octanol–water partition coefficient (Wildman–Crippen LogP) is 4.34. The molecule has 0 spiro atoms. The molecule has 0 amide bonds. The fraction of sp³-hybridized carbons (Fsp3) is 0.348. The van der Waals surface area contributed by atoms with Crippen molar-refractivity contribution in [3.05, 3.63) is 65.3 Å². The van der Waals surface area contributed by atoms with E-state index in [1.54, 1.807) is 4.90 Å². The number of nitrogens with zero attached hydrogens (tertiary/aromatic N) is 1. The highest BCUT2D eigenvalue weighted by Gasteiger charge is 2.15. The predicted molar refractivity (Wildman–Crippen MR) is 128 cm³/mol. The molecule has 1 heterocycles. The summed E-state index contributed by atoms with van der Waals surface area (Å²) in [6, 6.07) is 16.1. The summed E-state index contributed by atoms with van der Waals surface area (Å²) in [6.45, 7) is 9.63. The summed E-state index contributed by atoms with van der Waals surface area (Å²) in [5.41, 5.74) is 3.33. The molecule has 3 rings (SSSR count). The summed E-state index contributed by atoms with van der Waals surface area (Å²) in [4.78, 5) is 7.25. The first-order chi connectivity index (χ1) is 14.1. The van der Waals surface area contributed by atoms with Crippen molar-refractivity contribution in [2.45, 2.75) is 26.8 Å². The van der Waals surface area contributed by atoms with Gasteiger partial charge in [-0.15, -0.1) is 0 Å². The number of benzene rings is 2. The monoisotopic (exact) mass is 429 g/mol. The van der Waals surface area contributed by atoms with E-state index in [-0.39, 0.29) is 0 Å². The number of rotatable bonds is 9. The molecule has 0 atom stereocenters. The maximum Gasteiger partial charge on any atom is 0.173 e. The van der Waals surface area contributed by atoms with Crippen LogP contribution in [0.2, 0.25) is 5.02 Å². The average molecular weight is 430 g/mol. The van der Waals surface area contributed by atoms with Crippen LogP contribution in [0.15, 0.2) is 54.7 Å². The summed E-state index contributed by atoms with van der Waals surface area (Å²) < 4.78 is 0. The number of aromatic amines is 1. The Morgan fingerprint density at radius 3 is 2.69 bits per heavy atom. The van der Waals surface area contributed by atoms with E-state index in [4.69, 9.17) is 23.8 Å². The molecule has 0 saturated heterocycles. The minimum absolute atomic E-state index is 0.700. The second-order valence-electron chi connectivity index (χ2n) is 7.28. The van der Waals surface area contributed by atoms with E-state index < -0.39 is 0 Å². The topological polar surface area (TPSA) is 35.5 Å². The molecule has 0 aliphatic carbocycles. The van der Waals surface area contributed by atoms with Crippen LogP contribution < -0.4 is 10.2 Å². The lowest BCUT2D eigenvalue weighted by molar-refractivity contribution is -0.896. The maximum absolute atomic E-state index is 6.13. The maximum atomic E-state index is 6.13. The Morgan fingerprint density at radius 2 is 1.93 bits per heavy atom. The fourth-order valence-corrected chi connectivity index (χ4v) is 4.08. The van der Waals surface area contributed by atoms with Gasteiger partial charge in [0.2, 0.25) is 0 Å². The highest BCUT2D eigenvalue weighted by atomic mass is 35.5. The first-order valence-corrected chi connectivity index (χ1v) is 11.1. The van der Waals surface area contributed by atoms with Crippen molar-refractivity contribution in [2.24, 2.45) is 0 Å². The fourth-order valence-electron chi connectivity index (χ4n) is 3.61. The number of quaternary nitrogens is 1. The highest BCUT2D eigenvalue weighted by Crippen LogP contribution is 2.21. The summed E-state index contributed by atoms with van der Waals surface area (Å²) in [6.07, 6.45) is 3.19. The van der Waals surface area contributed by atoms with Crippen LogP contribution in [-0.4, -0.2) is 41.2 Å². The van der Waals surface area contributed by atoms with Crippen LogP contribution >= 0.6 is 23.8 Å². The van der Waals surface area contributed by atoms with Crippen molar-refractivity contribution in [3.8, 4) is 0 Å². The molecule has 0 fully saturated rings. The molecule has 0 aliphatic heterocycles. The van der Waals surface area contributed by atoms with Gasteiger partial charge in [0.25, 0.3) is 0 Å². The van der Waals surface area contributed by atoms with Gasteiger partial charge in [0.05, 0.1) is 19.6 Å². The van der Waals surface area contributed by atoms with Crippen molar-refractivity contribution in [1.29, 1.82) is 0 Å². The van der Waals surface area contributed by atoms with Crippen LogP contribution in [0.1, 0.15) is 25.8 Å². The van der Waals surface area contributed by atoms with Crippen LogP contribution in [0.4, 0.5) is 5.69 Å². The van der Waals surface area contributed by atoms with Crippen molar-refractivity contribution in [1.82, 2.24) is 9.88 Å². The molecule has 0 aliphatic rings. The van der Waals surface area contributed by atoms with Gasteiger partial charge >= 0.3 is 0 Å². The van der Waals surface area contributed by atoms with Crippen molar-refractivity contribution in [2.75, 3.05) is 31.5 Å². The smallest absolute Gasteiger partial charge is 0.173 e. The number of hydrogen-bond acceptors (Lipinski definition) is 1. The van der Waals surface area contributed by atoms with Crippen molar-refractivity contribution < 1.29 is 4.90 Å². The van der Waals surface area contributed by atoms with E-state index in [2.05, 4.69) is 59.5 Å². The summed E-state index contributed by atoms with van der Waals surface area (Å²) in [7, 11) is 0. The number of fused-ring (bicyclic) bond motifs is 1. The number of para-hydroxylation sites is 1. The molecule has 1 aromatic heterocycles. The number of anilines is 1. The van der Waals surface area contributed by atoms with E-state index in [1.165, 1.54) is 10.9 Å². The molecule has 29 heavy (non-hydrogen) atoms. The Bertz CT molecular complexity index is 935. The van der Waals surface area contributed by atoms with Crippen LogP contribution in [0, 0.1) is 0 Å². The zero-order valence-electron chi connectivity index (χ0n) is 17.2. The number of halogens is 1. The van der Waals surface area contributed by atoms with Gasteiger partial charge in [-0.05, 0) is 55.9 Å². The largest absolute Gasteiger partial charge is 0.361 e. The SMILES string of the molecule is CC[NH+](CC)CCCN(Cc1c[nH]c2ccccc12)C(=S)Nc1cccc(Cl)c1. The zero-order valence-corrected chi connectivity index (χ0v) is 18.7. The second kappa shape index (κ2) is 10.6. The second-order valence-corrected chi connectivity index (χ2v) is 8.11. The van der Waals surface area contributed by atoms with E-state index in [0.717, 1.165) is 55.5 Å². The van der Waals surface area contributed by atoms with Crippen LogP contribution in [0.5, 0.6) is 0 Å². The number of thiocarbonyl (C=S) groups is 1. The Hall–Kier alpha value is -2.08. The zero-order chi connectivity index (χ0) is 20.6. The van der Waals surface area contributed by atoms with Crippen LogP contribution in [-0.2, 0) is 6.54 Å². The third-order valence-electron chi connectivity index (χ3n) is 5.36. The van der Waals surface area contributed by atoms with Crippen LogP contribution in [0.25, 0.3) is 10.9 Å². The standard InChI is InChI=1S/C23H29ClN4S/c1-3-27(4-2)13-8-14-28(23(29)26-20-10-7-9-19(24)15-20)17-18-16-25-22-12-6-5-11-21(18)22/h5-7,9-12,15-16,25H,3-4,8,13-14,17H2,1-2H3,(H,26,29)/p+1. The number of aromatic nitrogens is 1. The van der Waals surface area contributed by atoms with Gasteiger partial charge in [-0.2, -0.15) is 0 Å². The molecule has 0 bridgehead atoms. The van der Waals surface area contributed by atoms with E-state index >= 15 is 0 Å². The number of hydrogen-bond donors (Lipinski definition) is 3. The van der Waals surface area contributed by atoms with Gasteiger partial charge < -0.3 is 20.1 Å². The molecule has 0 saturated carbocycles. The van der Waals surface area contributed by atoms with Gasteiger partial charge in [0, 0.05) is 47.3 Å². The summed E-state index contributed by atoms with van der Waals surface area (Å²) in [5, 5.41) is 6.04. The third-order valence-corrected chi connectivity index (χ3v) is 5.95. The Labute approximate surface area is 183 Å². The summed E-state index contributed by atoms with van der Waals surface area (Å²) in [5.74, 6) is 0. The molecule has 6 heteroatoms. The quantitative estimate of drug-likeness (QED) is 0.443. The number of H-pyrrole nitrogens is 1. The highest BCUT2D eigenvalue weighted by molar-refractivity contribution is 7.80. The Kier molecular flexibility index (Phi) is 7.92. The normalized spacial score (nSPS) is 11.2. The minimum Gasteiger partial charge on any atom is -0.361 e. The van der Waals surface area contributed by atoms with Gasteiger partial charge in [0.1, 0.15) is 0 Å². The first kappa shape index (κ1) is 21.6. The van der Waals surface area contributed by atoms with Gasteiger partial charge in [-0.3, -0.25) is 0 Å². The lowest BCUT2D eigenvalue weighted by Crippen LogP contribution is -3.11. The molecule has 0 radical (unpaired) electrons. The molecule has 3 N–H and O–H groups in total. The Morgan fingerprint density at radius 1 is 1.14 bits per heavy atom. The van der Waals surface area contributed by atoms with E-state index in [0.29, 0.717) is 5.02 Å². The molecule has 154 valence electrons. The van der Waals surface area contributed by atoms with Crippen molar-refractivity contribution >= 4 is 45.5 Å². The summed E-state index contributed by atoms with van der Waals surface area (Å²) >= 11 is 11.9. The molecule has 4 nitrogen and oxygen atoms in total. The van der Waals surface area contributed by atoms with E-state index in [1.807, 2.05) is 24.3 Å².